The Morgan fingerprint density at radius 2 is 2.00 bits per heavy atom. The Morgan fingerprint density at radius 1 is 1.19 bits per heavy atom. The molecular weight excluding hydrogens is 260 g/mol. The molecule has 0 amide bonds. The van der Waals surface area contributed by atoms with Crippen molar-refractivity contribution in [1.29, 1.82) is 0 Å². The van der Waals surface area contributed by atoms with Crippen molar-refractivity contribution in [3.8, 4) is 0 Å². The van der Waals surface area contributed by atoms with Crippen LogP contribution in [-0.2, 0) is 0 Å². The highest BCUT2D eigenvalue weighted by atomic mass is 15.1. The molecule has 3 aromatic rings. The largest absolute Gasteiger partial charge is 0.377 e. The third-order valence-electron chi connectivity index (χ3n) is 3.87. The molecule has 21 heavy (non-hydrogen) atoms. The summed E-state index contributed by atoms with van der Waals surface area (Å²) in [7, 11) is 0. The average Bonchev–Trinajstić information content (AvgIpc) is 2.86. The fourth-order valence-corrected chi connectivity index (χ4v) is 3.08. The van der Waals surface area contributed by atoms with E-state index in [1.807, 2.05) is 19.2 Å². The predicted octanol–water partition coefficient (Wildman–Crippen LogP) is 4.06. The SMILES string of the molecule is Cc1cc(C)c(C(C)Nc2cccc3cn[nH]c23)c(C)n1. The zero-order valence-corrected chi connectivity index (χ0v) is 12.9. The van der Waals surface area contributed by atoms with Crippen molar-refractivity contribution >= 4 is 16.6 Å². The van der Waals surface area contributed by atoms with Crippen LogP contribution >= 0.6 is 0 Å². The van der Waals surface area contributed by atoms with Crippen molar-refractivity contribution in [3.63, 3.8) is 0 Å². The lowest BCUT2D eigenvalue weighted by Gasteiger charge is -2.20. The predicted molar refractivity (Wildman–Crippen MR) is 86.6 cm³/mol. The minimum Gasteiger partial charge on any atom is -0.377 e. The summed E-state index contributed by atoms with van der Waals surface area (Å²) in [5.74, 6) is 0. The van der Waals surface area contributed by atoms with E-state index in [-0.39, 0.29) is 6.04 Å². The first-order valence-corrected chi connectivity index (χ1v) is 7.19. The van der Waals surface area contributed by atoms with Crippen LogP contribution in [0.25, 0.3) is 10.9 Å². The maximum Gasteiger partial charge on any atom is 0.0881 e. The summed E-state index contributed by atoms with van der Waals surface area (Å²) in [6.45, 7) is 8.42. The number of anilines is 1. The van der Waals surface area contributed by atoms with Crippen molar-refractivity contribution in [2.24, 2.45) is 0 Å². The number of benzene rings is 1. The molecule has 2 heterocycles. The van der Waals surface area contributed by atoms with Crippen LogP contribution in [0.15, 0.2) is 30.5 Å². The van der Waals surface area contributed by atoms with E-state index in [9.17, 15) is 0 Å². The fourth-order valence-electron chi connectivity index (χ4n) is 3.08. The van der Waals surface area contributed by atoms with Crippen LogP contribution in [0.4, 0.5) is 5.69 Å². The number of pyridine rings is 1. The number of aromatic amines is 1. The molecule has 3 rings (SSSR count). The molecule has 0 aliphatic carbocycles. The number of para-hydroxylation sites is 1. The third-order valence-corrected chi connectivity index (χ3v) is 3.87. The van der Waals surface area contributed by atoms with Gasteiger partial charge in [0.1, 0.15) is 0 Å². The molecule has 108 valence electrons. The molecule has 0 spiro atoms. The van der Waals surface area contributed by atoms with Crippen LogP contribution in [-0.4, -0.2) is 15.2 Å². The molecule has 1 aromatic carbocycles. The Hall–Kier alpha value is -2.36. The Kier molecular flexibility index (Phi) is 3.37. The van der Waals surface area contributed by atoms with Crippen LogP contribution in [0.2, 0.25) is 0 Å². The molecule has 0 radical (unpaired) electrons. The van der Waals surface area contributed by atoms with E-state index in [2.05, 4.69) is 59.5 Å². The van der Waals surface area contributed by atoms with Crippen LogP contribution in [0.3, 0.4) is 0 Å². The summed E-state index contributed by atoms with van der Waals surface area (Å²) < 4.78 is 0. The van der Waals surface area contributed by atoms with E-state index < -0.39 is 0 Å². The third kappa shape index (κ3) is 2.49. The van der Waals surface area contributed by atoms with Crippen LogP contribution in [0, 0.1) is 20.8 Å². The molecule has 1 unspecified atom stereocenters. The molecule has 0 saturated heterocycles. The van der Waals surface area contributed by atoms with Crippen LogP contribution < -0.4 is 5.32 Å². The molecule has 0 saturated carbocycles. The second kappa shape index (κ2) is 5.20. The number of hydrogen-bond acceptors (Lipinski definition) is 3. The maximum absolute atomic E-state index is 4.59. The van der Waals surface area contributed by atoms with Gasteiger partial charge in [0.05, 0.1) is 23.4 Å². The van der Waals surface area contributed by atoms with Gasteiger partial charge in [-0.1, -0.05) is 12.1 Å². The van der Waals surface area contributed by atoms with Gasteiger partial charge in [0.2, 0.25) is 0 Å². The minimum absolute atomic E-state index is 0.187. The highest BCUT2D eigenvalue weighted by Crippen LogP contribution is 2.28. The summed E-state index contributed by atoms with van der Waals surface area (Å²) in [6, 6.07) is 8.49. The molecule has 0 bridgehead atoms. The average molecular weight is 280 g/mol. The minimum atomic E-state index is 0.187. The van der Waals surface area contributed by atoms with Crippen LogP contribution in [0.1, 0.15) is 35.5 Å². The zero-order valence-electron chi connectivity index (χ0n) is 12.9. The summed E-state index contributed by atoms with van der Waals surface area (Å²) in [6.07, 6.45) is 1.84. The second-order valence-electron chi connectivity index (χ2n) is 5.59. The van der Waals surface area contributed by atoms with Gasteiger partial charge in [-0.15, -0.1) is 0 Å². The lowest BCUT2D eigenvalue weighted by atomic mass is 10.00. The molecule has 0 aliphatic heterocycles. The number of nitrogens with one attached hydrogen (secondary N) is 2. The molecule has 0 fully saturated rings. The number of H-pyrrole nitrogens is 1. The van der Waals surface area contributed by atoms with Crippen molar-refractivity contribution in [1.82, 2.24) is 15.2 Å². The fraction of sp³-hybridized carbons (Fsp3) is 0.294. The van der Waals surface area contributed by atoms with E-state index >= 15 is 0 Å². The van der Waals surface area contributed by atoms with E-state index in [1.165, 1.54) is 11.1 Å². The van der Waals surface area contributed by atoms with Gasteiger partial charge < -0.3 is 5.32 Å². The van der Waals surface area contributed by atoms with Crippen molar-refractivity contribution in [2.75, 3.05) is 5.32 Å². The van der Waals surface area contributed by atoms with Crippen molar-refractivity contribution in [2.45, 2.75) is 33.7 Å². The molecule has 2 N–H and O–H groups in total. The number of rotatable bonds is 3. The summed E-state index contributed by atoms with van der Waals surface area (Å²) >= 11 is 0. The molecule has 4 nitrogen and oxygen atoms in total. The number of nitrogens with zero attached hydrogens (tertiary/aromatic N) is 2. The smallest absolute Gasteiger partial charge is 0.0881 e. The molecule has 4 heteroatoms. The number of fused-ring (bicyclic) bond motifs is 1. The topological polar surface area (TPSA) is 53.6 Å². The van der Waals surface area contributed by atoms with E-state index in [0.29, 0.717) is 0 Å². The first kappa shape index (κ1) is 13.6. The highest BCUT2D eigenvalue weighted by molar-refractivity contribution is 5.90. The summed E-state index contributed by atoms with van der Waals surface area (Å²) in [5, 5.41) is 11.9. The first-order chi connectivity index (χ1) is 10.1. The highest BCUT2D eigenvalue weighted by Gasteiger charge is 2.14. The summed E-state index contributed by atoms with van der Waals surface area (Å²) in [4.78, 5) is 4.59. The quantitative estimate of drug-likeness (QED) is 0.760. The number of aryl methyl sites for hydroxylation is 3. The zero-order chi connectivity index (χ0) is 15.0. The van der Waals surface area contributed by atoms with Gasteiger partial charge in [0.15, 0.2) is 0 Å². The van der Waals surface area contributed by atoms with Gasteiger partial charge in [-0.05, 0) is 51.0 Å². The van der Waals surface area contributed by atoms with Gasteiger partial charge in [-0.25, -0.2) is 0 Å². The normalized spacial score (nSPS) is 12.6. The Labute approximate surface area is 124 Å². The van der Waals surface area contributed by atoms with Gasteiger partial charge in [0.25, 0.3) is 0 Å². The summed E-state index contributed by atoms with van der Waals surface area (Å²) in [5.41, 5.74) is 6.80. The molecule has 2 aromatic heterocycles. The standard InChI is InChI=1S/C17H20N4/c1-10-8-11(2)19-12(3)16(10)13(4)20-15-7-5-6-14-9-18-21-17(14)15/h5-9,13,20H,1-4H3,(H,18,21). The van der Waals surface area contributed by atoms with Crippen molar-refractivity contribution < 1.29 is 0 Å². The van der Waals surface area contributed by atoms with Gasteiger partial charge in [-0.3, -0.25) is 10.1 Å². The molecular formula is C17H20N4. The number of hydrogen-bond donors (Lipinski definition) is 2. The van der Waals surface area contributed by atoms with Gasteiger partial charge in [0, 0.05) is 16.8 Å². The van der Waals surface area contributed by atoms with Crippen LogP contribution in [0.5, 0.6) is 0 Å². The lowest BCUT2D eigenvalue weighted by Crippen LogP contribution is -2.11. The molecule has 1 atom stereocenters. The maximum atomic E-state index is 4.59. The number of aromatic nitrogens is 3. The molecule has 0 aliphatic rings. The first-order valence-electron chi connectivity index (χ1n) is 7.19. The lowest BCUT2D eigenvalue weighted by molar-refractivity contribution is 0.844. The van der Waals surface area contributed by atoms with Gasteiger partial charge in [-0.2, -0.15) is 5.10 Å². The van der Waals surface area contributed by atoms with E-state index in [1.54, 1.807) is 0 Å². The Balaban J connectivity index is 1.97. The second-order valence-corrected chi connectivity index (χ2v) is 5.59. The van der Waals surface area contributed by atoms with E-state index in [0.717, 1.165) is 28.0 Å². The van der Waals surface area contributed by atoms with Crippen molar-refractivity contribution in [3.05, 3.63) is 53.0 Å². The van der Waals surface area contributed by atoms with Gasteiger partial charge >= 0.3 is 0 Å². The Morgan fingerprint density at radius 3 is 2.76 bits per heavy atom. The van der Waals surface area contributed by atoms with E-state index in [4.69, 9.17) is 0 Å². The Bertz CT molecular complexity index is 765. The monoisotopic (exact) mass is 280 g/mol.